The Bertz CT molecular complexity index is 620. The Morgan fingerprint density at radius 3 is 2.50 bits per heavy atom. The standard InChI is InChI=1S/C18H20O4/c1-18(2,13-21-12-14-7-4-3-5-8-14)22-16-10-6-9-15(11-19)17(16)20/h3-11,20H,12-13H2,1-2H3. The van der Waals surface area contributed by atoms with Crippen LogP contribution in [0.4, 0.5) is 0 Å². The molecule has 0 aliphatic rings. The summed E-state index contributed by atoms with van der Waals surface area (Å²) in [6.45, 7) is 4.58. The lowest BCUT2D eigenvalue weighted by Gasteiger charge is -2.27. The summed E-state index contributed by atoms with van der Waals surface area (Å²) in [7, 11) is 0. The molecule has 2 aromatic rings. The van der Waals surface area contributed by atoms with Gasteiger partial charge in [-0.25, -0.2) is 0 Å². The van der Waals surface area contributed by atoms with Crippen molar-refractivity contribution in [1.82, 2.24) is 0 Å². The third-order valence-electron chi connectivity index (χ3n) is 3.10. The summed E-state index contributed by atoms with van der Waals surface area (Å²) < 4.78 is 11.5. The first kappa shape index (κ1) is 16.0. The number of carbonyl (C=O) groups is 1. The van der Waals surface area contributed by atoms with Crippen LogP contribution in [0.5, 0.6) is 11.5 Å². The number of carbonyl (C=O) groups excluding carboxylic acids is 1. The molecule has 0 unspecified atom stereocenters. The number of phenolic OH excluding ortho intramolecular Hbond substituents is 1. The highest BCUT2D eigenvalue weighted by Gasteiger charge is 2.22. The third-order valence-corrected chi connectivity index (χ3v) is 3.10. The van der Waals surface area contributed by atoms with E-state index in [1.165, 1.54) is 6.07 Å². The molecule has 0 heterocycles. The predicted octanol–water partition coefficient (Wildman–Crippen LogP) is 3.58. The van der Waals surface area contributed by atoms with E-state index in [9.17, 15) is 9.90 Å². The van der Waals surface area contributed by atoms with Crippen LogP contribution in [0.25, 0.3) is 0 Å². The van der Waals surface area contributed by atoms with E-state index >= 15 is 0 Å². The van der Waals surface area contributed by atoms with Crippen molar-refractivity contribution >= 4 is 6.29 Å². The Balaban J connectivity index is 1.95. The lowest BCUT2D eigenvalue weighted by atomic mass is 10.1. The molecule has 1 N–H and O–H groups in total. The summed E-state index contributed by atoms with van der Waals surface area (Å²) in [4.78, 5) is 10.8. The average molecular weight is 300 g/mol. The number of ether oxygens (including phenoxy) is 2. The van der Waals surface area contributed by atoms with Gasteiger partial charge in [-0.3, -0.25) is 4.79 Å². The smallest absolute Gasteiger partial charge is 0.168 e. The largest absolute Gasteiger partial charge is 0.504 e. The van der Waals surface area contributed by atoms with E-state index in [0.717, 1.165) is 5.56 Å². The SMILES string of the molecule is CC(C)(COCc1ccccc1)Oc1cccc(C=O)c1O. The molecule has 2 rings (SSSR count). The van der Waals surface area contributed by atoms with Crippen molar-refractivity contribution < 1.29 is 19.4 Å². The molecular formula is C18H20O4. The summed E-state index contributed by atoms with van der Waals surface area (Å²) in [6, 6.07) is 14.7. The Hall–Kier alpha value is -2.33. The van der Waals surface area contributed by atoms with Crippen molar-refractivity contribution in [2.75, 3.05) is 6.61 Å². The van der Waals surface area contributed by atoms with Crippen LogP contribution in [0.3, 0.4) is 0 Å². The van der Waals surface area contributed by atoms with E-state index in [-0.39, 0.29) is 17.1 Å². The fourth-order valence-electron chi connectivity index (χ4n) is 2.03. The number of para-hydroxylation sites is 1. The highest BCUT2D eigenvalue weighted by Crippen LogP contribution is 2.31. The molecule has 2 aromatic carbocycles. The van der Waals surface area contributed by atoms with E-state index in [4.69, 9.17) is 9.47 Å². The zero-order valence-corrected chi connectivity index (χ0v) is 12.8. The van der Waals surface area contributed by atoms with Crippen LogP contribution in [0.15, 0.2) is 48.5 Å². The van der Waals surface area contributed by atoms with Gasteiger partial charge in [-0.1, -0.05) is 36.4 Å². The van der Waals surface area contributed by atoms with E-state index in [1.807, 2.05) is 44.2 Å². The quantitative estimate of drug-likeness (QED) is 0.794. The van der Waals surface area contributed by atoms with Crippen molar-refractivity contribution in [3.05, 3.63) is 59.7 Å². The molecule has 0 aliphatic carbocycles. The molecule has 4 nitrogen and oxygen atoms in total. The molecule has 0 aliphatic heterocycles. The Morgan fingerprint density at radius 2 is 1.82 bits per heavy atom. The van der Waals surface area contributed by atoms with E-state index in [2.05, 4.69) is 0 Å². The molecule has 0 saturated carbocycles. The first-order valence-corrected chi connectivity index (χ1v) is 7.10. The molecular weight excluding hydrogens is 280 g/mol. The van der Waals surface area contributed by atoms with Gasteiger partial charge in [-0.15, -0.1) is 0 Å². The molecule has 0 saturated heterocycles. The minimum atomic E-state index is -0.631. The highest BCUT2D eigenvalue weighted by atomic mass is 16.5. The highest BCUT2D eigenvalue weighted by molar-refractivity contribution is 5.80. The van der Waals surface area contributed by atoms with Gasteiger partial charge < -0.3 is 14.6 Å². The van der Waals surface area contributed by atoms with Gasteiger partial charge in [0.2, 0.25) is 0 Å². The number of phenols is 1. The Kier molecular flexibility index (Phi) is 5.17. The molecule has 0 aromatic heterocycles. The molecule has 116 valence electrons. The number of hydrogen-bond acceptors (Lipinski definition) is 4. The molecule has 4 heteroatoms. The molecule has 0 atom stereocenters. The second-order valence-corrected chi connectivity index (χ2v) is 5.65. The Morgan fingerprint density at radius 1 is 1.09 bits per heavy atom. The van der Waals surface area contributed by atoms with Gasteiger partial charge in [0.15, 0.2) is 17.8 Å². The fourth-order valence-corrected chi connectivity index (χ4v) is 2.03. The molecule has 0 bridgehead atoms. The number of rotatable bonds is 7. The second-order valence-electron chi connectivity index (χ2n) is 5.65. The van der Waals surface area contributed by atoms with E-state index in [0.29, 0.717) is 19.5 Å². The summed E-state index contributed by atoms with van der Waals surface area (Å²) >= 11 is 0. The van der Waals surface area contributed by atoms with Gasteiger partial charge >= 0.3 is 0 Å². The van der Waals surface area contributed by atoms with Crippen LogP contribution in [0.1, 0.15) is 29.8 Å². The van der Waals surface area contributed by atoms with Crippen LogP contribution in [-0.2, 0) is 11.3 Å². The maximum Gasteiger partial charge on any atom is 0.168 e. The summed E-state index contributed by atoms with van der Waals surface area (Å²) in [5, 5.41) is 9.96. The van der Waals surface area contributed by atoms with Gasteiger partial charge in [0.25, 0.3) is 0 Å². The molecule has 0 radical (unpaired) electrons. The minimum absolute atomic E-state index is 0.145. The van der Waals surface area contributed by atoms with Crippen molar-refractivity contribution in [2.24, 2.45) is 0 Å². The van der Waals surface area contributed by atoms with Crippen molar-refractivity contribution in [1.29, 1.82) is 0 Å². The van der Waals surface area contributed by atoms with Crippen LogP contribution in [-0.4, -0.2) is 23.6 Å². The average Bonchev–Trinajstić information content (AvgIpc) is 2.50. The first-order chi connectivity index (χ1) is 10.5. The number of aromatic hydroxyl groups is 1. The first-order valence-electron chi connectivity index (χ1n) is 7.10. The summed E-state index contributed by atoms with van der Waals surface area (Å²) in [5.74, 6) is 0.131. The van der Waals surface area contributed by atoms with E-state index < -0.39 is 5.60 Å². The van der Waals surface area contributed by atoms with Gasteiger partial charge in [0.05, 0.1) is 18.8 Å². The molecule has 22 heavy (non-hydrogen) atoms. The second kappa shape index (κ2) is 7.09. The fraction of sp³-hybridized carbons (Fsp3) is 0.278. The van der Waals surface area contributed by atoms with Gasteiger partial charge in [-0.05, 0) is 31.5 Å². The van der Waals surface area contributed by atoms with Gasteiger partial charge in [0.1, 0.15) is 5.60 Å². The van der Waals surface area contributed by atoms with Crippen LogP contribution in [0.2, 0.25) is 0 Å². The number of benzene rings is 2. The predicted molar refractivity (Wildman–Crippen MR) is 84.3 cm³/mol. The van der Waals surface area contributed by atoms with Gasteiger partial charge in [0, 0.05) is 0 Å². The zero-order chi connectivity index (χ0) is 16.0. The number of hydrogen-bond donors (Lipinski definition) is 1. The van der Waals surface area contributed by atoms with Crippen LogP contribution in [0, 0.1) is 0 Å². The molecule has 0 spiro atoms. The monoisotopic (exact) mass is 300 g/mol. The summed E-state index contributed by atoms with van der Waals surface area (Å²) in [6.07, 6.45) is 0.598. The lowest BCUT2D eigenvalue weighted by molar-refractivity contribution is -0.0113. The van der Waals surface area contributed by atoms with Crippen molar-refractivity contribution in [3.63, 3.8) is 0 Å². The maximum absolute atomic E-state index is 10.8. The van der Waals surface area contributed by atoms with Crippen molar-refractivity contribution in [2.45, 2.75) is 26.1 Å². The van der Waals surface area contributed by atoms with Crippen LogP contribution < -0.4 is 4.74 Å². The zero-order valence-electron chi connectivity index (χ0n) is 12.8. The molecule has 0 amide bonds. The van der Waals surface area contributed by atoms with Crippen LogP contribution >= 0.6 is 0 Å². The third kappa shape index (κ3) is 4.33. The Labute approximate surface area is 130 Å². The number of aldehydes is 1. The summed E-state index contributed by atoms with van der Waals surface area (Å²) in [5.41, 5.74) is 0.663. The maximum atomic E-state index is 10.8. The van der Waals surface area contributed by atoms with Crippen molar-refractivity contribution in [3.8, 4) is 11.5 Å². The molecule has 0 fully saturated rings. The minimum Gasteiger partial charge on any atom is -0.504 e. The van der Waals surface area contributed by atoms with Gasteiger partial charge in [-0.2, -0.15) is 0 Å². The topological polar surface area (TPSA) is 55.8 Å². The normalized spacial score (nSPS) is 11.2. The van der Waals surface area contributed by atoms with E-state index in [1.54, 1.807) is 12.1 Å². The lowest BCUT2D eigenvalue weighted by Crippen LogP contribution is -2.34.